The zero-order chi connectivity index (χ0) is 22.1. The fourth-order valence-electron chi connectivity index (χ4n) is 4.32. The lowest BCUT2D eigenvalue weighted by Crippen LogP contribution is -2.48. The summed E-state index contributed by atoms with van der Waals surface area (Å²) in [5.41, 5.74) is 6.83. The first-order valence-electron chi connectivity index (χ1n) is 11.1. The van der Waals surface area contributed by atoms with E-state index in [1.807, 2.05) is 41.3 Å². The van der Waals surface area contributed by atoms with Gasteiger partial charge in [-0.3, -0.25) is 9.48 Å². The number of hydrogen-bond donors (Lipinski definition) is 0. The van der Waals surface area contributed by atoms with Gasteiger partial charge >= 0.3 is 0 Å². The van der Waals surface area contributed by atoms with Crippen molar-refractivity contribution in [3.8, 4) is 11.1 Å². The van der Waals surface area contributed by atoms with E-state index in [2.05, 4.69) is 58.4 Å². The predicted molar refractivity (Wildman–Crippen MR) is 126 cm³/mol. The van der Waals surface area contributed by atoms with Crippen LogP contribution in [0.25, 0.3) is 16.6 Å². The van der Waals surface area contributed by atoms with Crippen LogP contribution < -0.4 is 4.90 Å². The van der Waals surface area contributed by atoms with Gasteiger partial charge in [-0.2, -0.15) is 10.2 Å². The molecule has 0 bridgehead atoms. The second-order valence-electron chi connectivity index (χ2n) is 8.53. The van der Waals surface area contributed by atoms with E-state index in [4.69, 9.17) is 0 Å². The lowest BCUT2D eigenvalue weighted by molar-refractivity contribution is -0.131. The molecule has 1 saturated heterocycles. The highest BCUT2D eigenvalue weighted by atomic mass is 16.2. The standard InChI is InChI=1S/C25H28N6O/c1-19-3-5-20(6-4-19)7-10-25(32)30-13-11-29(12-14-30)24-16-27-31-18-21(8-9-23(24)31)22-15-26-28(2)17-22/h3-6,8-9,15-18H,7,10-14H2,1-2H3. The second kappa shape index (κ2) is 8.49. The van der Waals surface area contributed by atoms with Crippen LogP contribution in [0.2, 0.25) is 0 Å². The molecule has 0 spiro atoms. The highest BCUT2D eigenvalue weighted by Gasteiger charge is 2.23. The average molecular weight is 429 g/mol. The third-order valence-electron chi connectivity index (χ3n) is 6.26. The van der Waals surface area contributed by atoms with E-state index in [9.17, 15) is 4.79 Å². The minimum Gasteiger partial charge on any atom is -0.365 e. The first-order chi connectivity index (χ1) is 15.6. The molecule has 0 saturated carbocycles. The molecule has 0 aliphatic carbocycles. The van der Waals surface area contributed by atoms with Crippen LogP contribution in [0.3, 0.4) is 0 Å². The van der Waals surface area contributed by atoms with Gasteiger partial charge in [0.1, 0.15) is 0 Å². The molecule has 0 N–H and O–H groups in total. The van der Waals surface area contributed by atoms with E-state index in [0.29, 0.717) is 6.42 Å². The monoisotopic (exact) mass is 428 g/mol. The van der Waals surface area contributed by atoms with Gasteiger partial charge in [0, 0.05) is 63.2 Å². The number of hydrogen-bond acceptors (Lipinski definition) is 4. The molecule has 0 atom stereocenters. The Labute approximate surface area is 187 Å². The molecule has 4 aromatic rings. The van der Waals surface area contributed by atoms with E-state index in [0.717, 1.165) is 54.9 Å². The van der Waals surface area contributed by atoms with Gasteiger partial charge in [0.25, 0.3) is 0 Å². The summed E-state index contributed by atoms with van der Waals surface area (Å²) >= 11 is 0. The Morgan fingerprint density at radius 2 is 1.69 bits per heavy atom. The summed E-state index contributed by atoms with van der Waals surface area (Å²) in [6, 6.07) is 12.7. The molecule has 1 aliphatic rings. The topological polar surface area (TPSA) is 58.7 Å². The summed E-state index contributed by atoms with van der Waals surface area (Å²) in [6.07, 6.45) is 9.20. The van der Waals surface area contributed by atoms with Gasteiger partial charge in [0.05, 0.1) is 23.6 Å². The number of anilines is 1. The van der Waals surface area contributed by atoms with Gasteiger partial charge < -0.3 is 9.80 Å². The summed E-state index contributed by atoms with van der Waals surface area (Å²) in [7, 11) is 1.92. The number of piperazine rings is 1. The zero-order valence-electron chi connectivity index (χ0n) is 18.6. The van der Waals surface area contributed by atoms with E-state index in [1.54, 1.807) is 4.68 Å². The smallest absolute Gasteiger partial charge is 0.223 e. The highest BCUT2D eigenvalue weighted by molar-refractivity contribution is 5.78. The van der Waals surface area contributed by atoms with Gasteiger partial charge in [-0.05, 0) is 25.0 Å². The van der Waals surface area contributed by atoms with E-state index >= 15 is 0 Å². The molecule has 5 rings (SSSR count). The van der Waals surface area contributed by atoms with Crippen molar-refractivity contribution in [2.45, 2.75) is 19.8 Å². The summed E-state index contributed by atoms with van der Waals surface area (Å²) in [4.78, 5) is 17.0. The molecule has 1 fully saturated rings. The van der Waals surface area contributed by atoms with Crippen molar-refractivity contribution >= 4 is 17.1 Å². The number of carbonyl (C=O) groups is 1. The number of rotatable bonds is 5. The second-order valence-corrected chi connectivity index (χ2v) is 8.53. The van der Waals surface area contributed by atoms with Crippen LogP contribution in [-0.2, 0) is 18.3 Å². The van der Waals surface area contributed by atoms with E-state index < -0.39 is 0 Å². The van der Waals surface area contributed by atoms with Gasteiger partial charge in [0.2, 0.25) is 5.91 Å². The number of benzene rings is 1. The lowest BCUT2D eigenvalue weighted by Gasteiger charge is -2.35. The van der Waals surface area contributed by atoms with E-state index in [1.165, 1.54) is 11.1 Å². The highest BCUT2D eigenvalue weighted by Crippen LogP contribution is 2.26. The molecule has 1 aliphatic heterocycles. The molecular formula is C25H28N6O. The molecule has 1 aromatic carbocycles. The third kappa shape index (κ3) is 4.10. The number of nitrogens with zero attached hydrogens (tertiary/aromatic N) is 6. The summed E-state index contributed by atoms with van der Waals surface area (Å²) < 4.78 is 3.73. The maximum atomic E-state index is 12.7. The molecule has 4 heterocycles. The minimum absolute atomic E-state index is 0.242. The molecule has 3 aromatic heterocycles. The van der Waals surface area contributed by atoms with Crippen LogP contribution in [-0.4, -0.2) is 56.4 Å². The van der Waals surface area contributed by atoms with Crippen molar-refractivity contribution in [1.29, 1.82) is 0 Å². The Kier molecular flexibility index (Phi) is 5.39. The zero-order valence-corrected chi connectivity index (χ0v) is 18.6. The summed E-state index contributed by atoms with van der Waals surface area (Å²) in [5, 5.41) is 8.83. The van der Waals surface area contributed by atoms with Crippen LogP contribution in [0, 0.1) is 6.92 Å². The van der Waals surface area contributed by atoms with Crippen molar-refractivity contribution in [3.63, 3.8) is 0 Å². The maximum absolute atomic E-state index is 12.7. The molecule has 0 radical (unpaired) electrons. The summed E-state index contributed by atoms with van der Waals surface area (Å²) in [6.45, 7) is 5.22. The summed E-state index contributed by atoms with van der Waals surface area (Å²) in [5.74, 6) is 0.242. The van der Waals surface area contributed by atoms with Crippen LogP contribution in [0.5, 0.6) is 0 Å². The molecule has 164 valence electrons. The van der Waals surface area contributed by atoms with Crippen molar-refractivity contribution in [2.24, 2.45) is 7.05 Å². The van der Waals surface area contributed by atoms with Crippen LogP contribution in [0.1, 0.15) is 17.5 Å². The Morgan fingerprint density at radius 1 is 0.906 bits per heavy atom. The Bertz CT molecular complexity index is 1230. The predicted octanol–water partition coefficient (Wildman–Crippen LogP) is 3.32. The van der Waals surface area contributed by atoms with Crippen molar-refractivity contribution in [1.82, 2.24) is 24.3 Å². The van der Waals surface area contributed by atoms with Gasteiger partial charge in [-0.25, -0.2) is 4.52 Å². The normalized spacial score (nSPS) is 14.3. The fourth-order valence-corrected chi connectivity index (χ4v) is 4.32. The molecular weight excluding hydrogens is 400 g/mol. The first-order valence-corrected chi connectivity index (χ1v) is 11.1. The first kappa shape index (κ1) is 20.3. The lowest BCUT2D eigenvalue weighted by atomic mass is 10.1. The average Bonchev–Trinajstić information content (AvgIpc) is 3.44. The number of fused-ring (bicyclic) bond motifs is 1. The van der Waals surface area contributed by atoms with Gasteiger partial charge in [-0.15, -0.1) is 0 Å². The van der Waals surface area contributed by atoms with Crippen molar-refractivity contribution in [2.75, 3.05) is 31.1 Å². The SMILES string of the molecule is Cc1ccc(CCC(=O)N2CCN(c3cnn4cc(-c5cnn(C)c5)ccc34)CC2)cc1. The largest absolute Gasteiger partial charge is 0.365 e. The Hall–Kier alpha value is -3.61. The van der Waals surface area contributed by atoms with Crippen LogP contribution in [0.15, 0.2) is 61.2 Å². The Morgan fingerprint density at radius 3 is 2.41 bits per heavy atom. The van der Waals surface area contributed by atoms with E-state index in [-0.39, 0.29) is 5.91 Å². The third-order valence-corrected chi connectivity index (χ3v) is 6.26. The molecule has 32 heavy (non-hydrogen) atoms. The van der Waals surface area contributed by atoms with Crippen LogP contribution >= 0.6 is 0 Å². The number of pyridine rings is 1. The number of amides is 1. The minimum atomic E-state index is 0.242. The van der Waals surface area contributed by atoms with Crippen molar-refractivity contribution < 1.29 is 4.79 Å². The number of aromatic nitrogens is 4. The van der Waals surface area contributed by atoms with Gasteiger partial charge in [0.15, 0.2) is 0 Å². The molecule has 7 heteroatoms. The Balaban J connectivity index is 1.21. The fraction of sp³-hybridized carbons (Fsp3) is 0.320. The quantitative estimate of drug-likeness (QED) is 0.489. The maximum Gasteiger partial charge on any atom is 0.223 e. The van der Waals surface area contributed by atoms with Gasteiger partial charge in [-0.1, -0.05) is 35.9 Å². The molecule has 0 unspecified atom stereocenters. The van der Waals surface area contributed by atoms with Crippen molar-refractivity contribution in [3.05, 3.63) is 72.3 Å². The molecule has 1 amide bonds. The number of carbonyl (C=O) groups excluding carboxylic acids is 1. The van der Waals surface area contributed by atoms with Crippen LogP contribution in [0.4, 0.5) is 5.69 Å². The number of aryl methyl sites for hydroxylation is 3. The molecule has 7 nitrogen and oxygen atoms in total.